The van der Waals surface area contributed by atoms with Crippen LogP contribution in [0.25, 0.3) is 0 Å². The second-order valence-corrected chi connectivity index (χ2v) is 4.23. The van der Waals surface area contributed by atoms with Crippen LogP contribution in [0.5, 0.6) is 0 Å². The Balaban J connectivity index is 3.12. The number of amides is 1. The van der Waals surface area contributed by atoms with Gasteiger partial charge in [0.05, 0.1) is 18.0 Å². The Kier molecular flexibility index (Phi) is 4.98. The van der Waals surface area contributed by atoms with Gasteiger partial charge in [0.2, 0.25) is 0 Å². The number of nitrogens with zero attached hydrogens (tertiary/aromatic N) is 3. The van der Waals surface area contributed by atoms with Crippen molar-refractivity contribution < 1.29 is 23.1 Å². The number of aliphatic hydroxyl groups is 1. The highest BCUT2D eigenvalue weighted by Crippen LogP contribution is 2.22. The van der Waals surface area contributed by atoms with E-state index in [2.05, 4.69) is 5.10 Å². The Bertz CT molecular complexity index is 485. The number of hydrogen-bond donors (Lipinski definition) is 2. The molecule has 1 aromatic heterocycles. The van der Waals surface area contributed by atoms with Crippen LogP contribution in [0.4, 0.5) is 18.9 Å². The topological polar surface area (TPSA) is 84.4 Å². The fourth-order valence-electron chi connectivity index (χ4n) is 1.79. The van der Waals surface area contributed by atoms with Crippen LogP contribution in [0.3, 0.4) is 0 Å². The summed E-state index contributed by atoms with van der Waals surface area (Å²) in [4.78, 5) is 12.7. The smallest absolute Gasteiger partial charge is 0.395 e. The largest absolute Gasteiger partial charge is 0.406 e. The van der Waals surface area contributed by atoms with E-state index in [0.29, 0.717) is 17.1 Å². The van der Waals surface area contributed by atoms with E-state index in [1.165, 1.54) is 4.68 Å². The number of aliphatic hydroxyl groups excluding tert-OH is 1. The van der Waals surface area contributed by atoms with E-state index in [4.69, 9.17) is 10.8 Å². The standard InChI is InChI=1S/C11H17F3N4O2/c1-3-18-9(8(15)7(2)16-18)10(20)17(4-5-19)6-11(12,13)14/h19H,3-6,15H2,1-2H3. The summed E-state index contributed by atoms with van der Waals surface area (Å²) in [5.74, 6) is -0.892. The predicted molar refractivity (Wildman–Crippen MR) is 66.1 cm³/mol. The number of rotatable bonds is 5. The number of halogens is 3. The Morgan fingerprint density at radius 1 is 1.50 bits per heavy atom. The molecule has 1 amide bonds. The lowest BCUT2D eigenvalue weighted by molar-refractivity contribution is -0.141. The summed E-state index contributed by atoms with van der Waals surface area (Å²) < 4.78 is 38.7. The van der Waals surface area contributed by atoms with Crippen molar-refractivity contribution in [3.05, 3.63) is 11.4 Å². The fourth-order valence-corrected chi connectivity index (χ4v) is 1.79. The number of hydrogen-bond acceptors (Lipinski definition) is 4. The van der Waals surface area contributed by atoms with Crippen LogP contribution in [0.15, 0.2) is 0 Å². The molecule has 20 heavy (non-hydrogen) atoms. The number of anilines is 1. The third-order valence-corrected chi connectivity index (χ3v) is 2.70. The molecule has 9 heteroatoms. The van der Waals surface area contributed by atoms with Crippen molar-refractivity contribution in [3.8, 4) is 0 Å². The molecule has 1 aromatic rings. The number of carbonyl (C=O) groups excluding carboxylic acids is 1. The molecule has 0 radical (unpaired) electrons. The first-order chi connectivity index (χ1) is 9.21. The highest BCUT2D eigenvalue weighted by Gasteiger charge is 2.35. The van der Waals surface area contributed by atoms with Gasteiger partial charge in [0.15, 0.2) is 0 Å². The van der Waals surface area contributed by atoms with E-state index in [-0.39, 0.29) is 11.4 Å². The third kappa shape index (κ3) is 3.62. The van der Waals surface area contributed by atoms with Crippen molar-refractivity contribution in [1.29, 1.82) is 0 Å². The molecule has 0 atom stereocenters. The summed E-state index contributed by atoms with van der Waals surface area (Å²) in [5.41, 5.74) is 6.06. The number of nitrogens with two attached hydrogens (primary N) is 1. The van der Waals surface area contributed by atoms with Crippen molar-refractivity contribution in [1.82, 2.24) is 14.7 Å². The van der Waals surface area contributed by atoms with Crippen molar-refractivity contribution in [3.63, 3.8) is 0 Å². The maximum atomic E-state index is 12.5. The zero-order valence-corrected chi connectivity index (χ0v) is 11.2. The van der Waals surface area contributed by atoms with Gasteiger partial charge in [0.25, 0.3) is 5.91 Å². The minimum absolute atomic E-state index is 0.0574. The zero-order valence-electron chi connectivity index (χ0n) is 11.2. The van der Waals surface area contributed by atoms with Gasteiger partial charge in [-0.25, -0.2) is 0 Å². The zero-order chi connectivity index (χ0) is 15.5. The van der Waals surface area contributed by atoms with Gasteiger partial charge in [-0.15, -0.1) is 0 Å². The lowest BCUT2D eigenvalue weighted by atomic mass is 10.2. The Morgan fingerprint density at radius 3 is 2.55 bits per heavy atom. The molecule has 6 nitrogen and oxygen atoms in total. The Morgan fingerprint density at radius 2 is 2.10 bits per heavy atom. The van der Waals surface area contributed by atoms with Crippen LogP contribution in [0.1, 0.15) is 23.1 Å². The Labute approximate surface area is 114 Å². The highest BCUT2D eigenvalue weighted by atomic mass is 19.4. The molecule has 3 N–H and O–H groups in total. The van der Waals surface area contributed by atoms with Crippen LogP contribution in [-0.4, -0.2) is 51.6 Å². The average molecular weight is 294 g/mol. The van der Waals surface area contributed by atoms with Crippen LogP contribution < -0.4 is 5.73 Å². The number of aromatic nitrogens is 2. The molecule has 0 unspecified atom stereocenters. The minimum atomic E-state index is -4.55. The van der Waals surface area contributed by atoms with Crippen LogP contribution in [-0.2, 0) is 6.54 Å². The molecule has 0 saturated carbocycles. The van der Waals surface area contributed by atoms with Crippen LogP contribution >= 0.6 is 0 Å². The number of nitrogen functional groups attached to an aromatic ring is 1. The van der Waals surface area contributed by atoms with E-state index in [1.807, 2.05) is 0 Å². The van der Waals surface area contributed by atoms with Crippen molar-refractivity contribution in [2.45, 2.75) is 26.6 Å². The van der Waals surface area contributed by atoms with E-state index in [9.17, 15) is 18.0 Å². The highest BCUT2D eigenvalue weighted by molar-refractivity contribution is 5.98. The average Bonchev–Trinajstić information content (AvgIpc) is 2.62. The van der Waals surface area contributed by atoms with Gasteiger partial charge in [-0.2, -0.15) is 18.3 Å². The quantitative estimate of drug-likeness (QED) is 0.841. The molecule has 0 aliphatic rings. The first-order valence-electron chi connectivity index (χ1n) is 6.01. The second kappa shape index (κ2) is 6.12. The number of aryl methyl sites for hydroxylation is 2. The Hall–Kier alpha value is -1.77. The van der Waals surface area contributed by atoms with Crippen molar-refractivity contribution >= 4 is 11.6 Å². The van der Waals surface area contributed by atoms with E-state index < -0.39 is 31.8 Å². The molecule has 0 aromatic carbocycles. The molecule has 1 heterocycles. The summed E-state index contributed by atoms with van der Waals surface area (Å²) in [6.45, 7) is 1.13. The molecule has 1 rings (SSSR count). The molecule has 0 spiro atoms. The monoisotopic (exact) mass is 294 g/mol. The summed E-state index contributed by atoms with van der Waals surface area (Å²) in [6, 6.07) is 0. The summed E-state index contributed by atoms with van der Waals surface area (Å²) >= 11 is 0. The molecule has 0 bridgehead atoms. The van der Waals surface area contributed by atoms with Gasteiger partial charge in [-0.3, -0.25) is 9.48 Å². The third-order valence-electron chi connectivity index (χ3n) is 2.70. The van der Waals surface area contributed by atoms with Crippen molar-refractivity contribution in [2.24, 2.45) is 0 Å². The molecular weight excluding hydrogens is 277 g/mol. The van der Waals surface area contributed by atoms with Gasteiger partial charge in [0, 0.05) is 13.1 Å². The second-order valence-electron chi connectivity index (χ2n) is 4.23. The molecule has 114 valence electrons. The first kappa shape index (κ1) is 16.3. The summed E-state index contributed by atoms with van der Waals surface area (Å²) in [5, 5.41) is 12.8. The maximum absolute atomic E-state index is 12.5. The lowest BCUT2D eigenvalue weighted by Crippen LogP contribution is -2.41. The fraction of sp³-hybridized carbons (Fsp3) is 0.636. The van der Waals surface area contributed by atoms with Crippen LogP contribution in [0, 0.1) is 6.92 Å². The van der Waals surface area contributed by atoms with Gasteiger partial charge < -0.3 is 15.7 Å². The lowest BCUT2D eigenvalue weighted by Gasteiger charge is -2.23. The number of alkyl halides is 3. The molecule has 0 saturated heterocycles. The molecule has 0 fully saturated rings. The first-order valence-corrected chi connectivity index (χ1v) is 6.01. The van der Waals surface area contributed by atoms with Gasteiger partial charge >= 0.3 is 6.18 Å². The van der Waals surface area contributed by atoms with Crippen LogP contribution in [0.2, 0.25) is 0 Å². The number of carbonyl (C=O) groups is 1. The SMILES string of the molecule is CCn1nc(C)c(N)c1C(=O)N(CCO)CC(F)(F)F. The molecule has 0 aliphatic heterocycles. The summed E-state index contributed by atoms with van der Waals surface area (Å²) in [7, 11) is 0. The van der Waals surface area contributed by atoms with E-state index in [1.54, 1.807) is 13.8 Å². The minimum Gasteiger partial charge on any atom is -0.395 e. The predicted octanol–water partition coefficient (Wildman–Crippen LogP) is 0.790. The molecular formula is C11H17F3N4O2. The van der Waals surface area contributed by atoms with Gasteiger partial charge in [-0.1, -0.05) is 0 Å². The van der Waals surface area contributed by atoms with Gasteiger partial charge in [-0.05, 0) is 13.8 Å². The van der Waals surface area contributed by atoms with E-state index >= 15 is 0 Å². The summed E-state index contributed by atoms with van der Waals surface area (Å²) in [6.07, 6.45) is -4.55. The molecule has 0 aliphatic carbocycles. The normalized spacial score (nSPS) is 11.7. The van der Waals surface area contributed by atoms with E-state index in [0.717, 1.165) is 0 Å². The maximum Gasteiger partial charge on any atom is 0.406 e. The van der Waals surface area contributed by atoms with Crippen molar-refractivity contribution in [2.75, 3.05) is 25.4 Å². The van der Waals surface area contributed by atoms with Gasteiger partial charge in [0.1, 0.15) is 12.2 Å².